The van der Waals surface area contributed by atoms with E-state index in [0.29, 0.717) is 18.1 Å². The first kappa shape index (κ1) is 18.4. The zero-order chi connectivity index (χ0) is 18.4. The molecular formula is C21H24FNO3. The number of hydrogen-bond donors (Lipinski definition) is 1. The second-order valence-corrected chi connectivity index (χ2v) is 6.58. The summed E-state index contributed by atoms with van der Waals surface area (Å²) >= 11 is 0. The Hall–Kier alpha value is -2.40. The molecule has 0 aromatic heterocycles. The maximum absolute atomic E-state index is 12.3. The first-order chi connectivity index (χ1) is 12.7. The number of nitrogens with two attached hydrogens (primary N) is 1. The normalized spacial score (nSPS) is 14.7. The molecule has 0 bridgehead atoms. The molecule has 0 spiro atoms. The minimum atomic E-state index is -0.743. The Morgan fingerprint density at radius 3 is 2.65 bits per heavy atom. The fourth-order valence-corrected chi connectivity index (χ4v) is 2.95. The molecule has 0 saturated heterocycles. The standard InChI is InChI=1S/C21H24FNO3/c22-10-11-25-18-8-9-19(16-6-7-16)17(12-18)13-20(23)21(24)26-14-15-4-2-1-3-5-15/h1-5,8-9,12,16,20H,6-7,10-11,13-14,23H2. The van der Waals surface area contributed by atoms with E-state index in [4.69, 9.17) is 15.2 Å². The van der Waals surface area contributed by atoms with Crippen molar-refractivity contribution in [1.29, 1.82) is 0 Å². The van der Waals surface area contributed by atoms with Crippen LogP contribution >= 0.6 is 0 Å². The number of benzene rings is 2. The largest absolute Gasteiger partial charge is 0.491 e. The lowest BCUT2D eigenvalue weighted by molar-refractivity contribution is -0.146. The second kappa shape index (κ2) is 8.81. The van der Waals surface area contributed by atoms with Crippen LogP contribution in [0.5, 0.6) is 5.75 Å². The highest BCUT2D eigenvalue weighted by molar-refractivity contribution is 5.76. The number of esters is 1. The number of carbonyl (C=O) groups excluding carboxylic acids is 1. The van der Waals surface area contributed by atoms with Gasteiger partial charge in [0.1, 0.15) is 31.7 Å². The minimum Gasteiger partial charge on any atom is -0.491 e. The molecule has 0 heterocycles. The molecule has 1 unspecified atom stereocenters. The number of carbonyl (C=O) groups is 1. The SMILES string of the molecule is NC(Cc1cc(OCCF)ccc1C1CC1)C(=O)OCc1ccccc1. The van der Waals surface area contributed by atoms with Gasteiger partial charge in [-0.2, -0.15) is 0 Å². The molecule has 3 rings (SSSR count). The van der Waals surface area contributed by atoms with Crippen molar-refractivity contribution in [1.82, 2.24) is 0 Å². The van der Waals surface area contributed by atoms with E-state index >= 15 is 0 Å². The van der Waals surface area contributed by atoms with Crippen molar-refractivity contribution in [3.05, 3.63) is 65.2 Å². The van der Waals surface area contributed by atoms with Crippen LogP contribution in [0.15, 0.2) is 48.5 Å². The van der Waals surface area contributed by atoms with E-state index < -0.39 is 18.7 Å². The molecule has 2 aromatic rings. The topological polar surface area (TPSA) is 61.5 Å². The Kier molecular flexibility index (Phi) is 6.23. The van der Waals surface area contributed by atoms with Gasteiger partial charge in [0.05, 0.1) is 0 Å². The third-order valence-corrected chi connectivity index (χ3v) is 4.44. The van der Waals surface area contributed by atoms with Crippen LogP contribution in [-0.2, 0) is 22.6 Å². The van der Waals surface area contributed by atoms with Gasteiger partial charge in [0.15, 0.2) is 0 Å². The Bertz CT molecular complexity index is 731. The van der Waals surface area contributed by atoms with E-state index in [1.54, 1.807) is 0 Å². The van der Waals surface area contributed by atoms with Crippen LogP contribution in [0.4, 0.5) is 4.39 Å². The third-order valence-electron chi connectivity index (χ3n) is 4.44. The molecule has 4 nitrogen and oxygen atoms in total. The average molecular weight is 357 g/mol. The Morgan fingerprint density at radius 1 is 1.19 bits per heavy atom. The third kappa shape index (κ3) is 5.05. The lowest BCUT2D eigenvalue weighted by atomic mass is 9.97. The first-order valence-electron chi connectivity index (χ1n) is 8.95. The minimum absolute atomic E-state index is 0.0212. The first-order valence-corrected chi connectivity index (χ1v) is 8.95. The number of alkyl halides is 1. The Labute approximate surface area is 153 Å². The summed E-state index contributed by atoms with van der Waals surface area (Å²) in [5, 5.41) is 0. The molecule has 0 aliphatic heterocycles. The van der Waals surface area contributed by atoms with Gasteiger partial charge in [0.25, 0.3) is 0 Å². The molecule has 26 heavy (non-hydrogen) atoms. The smallest absolute Gasteiger partial charge is 0.323 e. The molecule has 138 valence electrons. The van der Waals surface area contributed by atoms with Crippen molar-refractivity contribution in [2.45, 2.75) is 37.8 Å². The second-order valence-electron chi connectivity index (χ2n) is 6.58. The van der Waals surface area contributed by atoms with Gasteiger partial charge in [0.2, 0.25) is 0 Å². The Morgan fingerprint density at radius 2 is 1.96 bits per heavy atom. The van der Waals surface area contributed by atoms with E-state index in [9.17, 15) is 9.18 Å². The maximum Gasteiger partial charge on any atom is 0.323 e. The molecule has 1 atom stereocenters. The maximum atomic E-state index is 12.3. The molecule has 5 heteroatoms. The fraction of sp³-hybridized carbons (Fsp3) is 0.381. The highest BCUT2D eigenvalue weighted by Gasteiger charge is 2.28. The summed E-state index contributed by atoms with van der Waals surface area (Å²) in [7, 11) is 0. The predicted octanol–water partition coefficient (Wildman–Crippen LogP) is 3.53. The van der Waals surface area contributed by atoms with Crippen LogP contribution in [0.25, 0.3) is 0 Å². The van der Waals surface area contributed by atoms with Gasteiger partial charge < -0.3 is 15.2 Å². The van der Waals surface area contributed by atoms with E-state index in [1.165, 1.54) is 5.56 Å². The molecular weight excluding hydrogens is 333 g/mol. The van der Waals surface area contributed by atoms with Gasteiger partial charge in [-0.3, -0.25) is 4.79 Å². The van der Waals surface area contributed by atoms with Gasteiger partial charge in [0, 0.05) is 0 Å². The molecule has 1 fully saturated rings. The number of ether oxygens (including phenoxy) is 2. The highest BCUT2D eigenvalue weighted by Crippen LogP contribution is 2.42. The number of rotatable bonds is 9. The zero-order valence-electron chi connectivity index (χ0n) is 14.7. The molecule has 0 radical (unpaired) electrons. The van der Waals surface area contributed by atoms with Crippen LogP contribution in [0.3, 0.4) is 0 Å². The molecule has 1 aliphatic carbocycles. The predicted molar refractivity (Wildman–Crippen MR) is 97.8 cm³/mol. The van der Waals surface area contributed by atoms with Crippen molar-refractivity contribution in [3.8, 4) is 5.75 Å². The van der Waals surface area contributed by atoms with E-state index in [2.05, 4.69) is 0 Å². The van der Waals surface area contributed by atoms with Crippen LogP contribution in [-0.4, -0.2) is 25.3 Å². The van der Waals surface area contributed by atoms with Crippen LogP contribution in [0.2, 0.25) is 0 Å². The summed E-state index contributed by atoms with van der Waals surface area (Å²) in [5.41, 5.74) is 9.18. The molecule has 2 N–H and O–H groups in total. The van der Waals surface area contributed by atoms with Crippen LogP contribution < -0.4 is 10.5 Å². The highest BCUT2D eigenvalue weighted by atomic mass is 19.1. The fourth-order valence-electron chi connectivity index (χ4n) is 2.95. The van der Waals surface area contributed by atoms with E-state index in [-0.39, 0.29) is 13.2 Å². The monoisotopic (exact) mass is 357 g/mol. The summed E-state index contributed by atoms with van der Waals surface area (Å²) in [5.74, 6) is 0.699. The molecule has 1 saturated carbocycles. The lowest BCUT2D eigenvalue weighted by Crippen LogP contribution is -2.34. The van der Waals surface area contributed by atoms with Crippen molar-refractivity contribution >= 4 is 5.97 Å². The molecule has 0 amide bonds. The van der Waals surface area contributed by atoms with Crippen molar-refractivity contribution in [2.24, 2.45) is 5.73 Å². The van der Waals surface area contributed by atoms with Crippen molar-refractivity contribution in [3.63, 3.8) is 0 Å². The van der Waals surface area contributed by atoms with E-state index in [0.717, 1.165) is 24.0 Å². The summed E-state index contributed by atoms with van der Waals surface area (Å²) < 4.78 is 23.0. The van der Waals surface area contributed by atoms with Crippen LogP contribution in [0, 0.1) is 0 Å². The Balaban J connectivity index is 1.63. The van der Waals surface area contributed by atoms with Crippen LogP contribution in [0.1, 0.15) is 35.4 Å². The van der Waals surface area contributed by atoms with Gasteiger partial charge in [-0.1, -0.05) is 36.4 Å². The number of halogens is 1. The summed E-state index contributed by atoms with van der Waals surface area (Å²) in [6, 6.07) is 14.5. The summed E-state index contributed by atoms with van der Waals surface area (Å²) in [4.78, 5) is 12.2. The quantitative estimate of drug-likeness (QED) is 0.698. The zero-order valence-corrected chi connectivity index (χ0v) is 14.7. The van der Waals surface area contributed by atoms with Gasteiger partial charge in [-0.25, -0.2) is 4.39 Å². The molecule has 1 aliphatic rings. The average Bonchev–Trinajstić information content (AvgIpc) is 3.50. The number of hydrogen-bond acceptors (Lipinski definition) is 4. The summed E-state index contributed by atoms with van der Waals surface area (Å²) in [6.45, 7) is -0.305. The van der Waals surface area contributed by atoms with Gasteiger partial charge >= 0.3 is 5.97 Å². The van der Waals surface area contributed by atoms with Gasteiger partial charge in [-0.05, 0) is 54.0 Å². The lowest BCUT2D eigenvalue weighted by Gasteiger charge is -2.16. The van der Waals surface area contributed by atoms with Crippen molar-refractivity contribution in [2.75, 3.05) is 13.3 Å². The molecule has 2 aromatic carbocycles. The van der Waals surface area contributed by atoms with Crippen molar-refractivity contribution < 1.29 is 18.7 Å². The summed E-state index contributed by atoms with van der Waals surface area (Å²) in [6.07, 6.45) is 2.67. The van der Waals surface area contributed by atoms with E-state index in [1.807, 2.05) is 48.5 Å². The van der Waals surface area contributed by atoms with Gasteiger partial charge in [-0.15, -0.1) is 0 Å².